The van der Waals surface area contributed by atoms with Gasteiger partial charge in [0.15, 0.2) is 5.82 Å². The predicted molar refractivity (Wildman–Crippen MR) is 116 cm³/mol. The molecular weight excluding hydrogens is 393 g/mol. The number of benzene rings is 1. The number of nitrogens with one attached hydrogen (secondary N) is 1. The van der Waals surface area contributed by atoms with Gasteiger partial charge in [0.25, 0.3) is 0 Å². The zero-order valence-corrected chi connectivity index (χ0v) is 18.9. The van der Waals surface area contributed by atoms with Crippen LogP contribution in [0.25, 0.3) is 0 Å². The van der Waals surface area contributed by atoms with E-state index in [0.717, 1.165) is 43.1 Å². The van der Waals surface area contributed by atoms with Crippen molar-refractivity contribution in [3.8, 4) is 0 Å². The van der Waals surface area contributed by atoms with Crippen molar-refractivity contribution in [2.45, 2.75) is 89.4 Å². The Morgan fingerprint density at radius 3 is 2.52 bits per heavy atom. The van der Waals surface area contributed by atoms with Crippen LogP contribution in [0.4, 0.5) is 0 Å². The quantitative estimate of drug-likeness (QED) is 0.760. The van der Waals surface area contributed by atoms with Crippen molar-refractivity contribution < 1.29 is 18.6 Å². The molecule has 164 valence electrons. The molecule has 31 heavy (non-hydrogen) atoms. The molecule has 2 fully saturated rings. The lowest BCUT2D eigenvalue weighted by molar-refractivity contribution is 0.00578. The van der Waals surface area contributed by atoms with Crippen molar-refractivity contribution in [1.82, 2.24) is 15.5 Å². The Morgan fingerprint density at radius 1 is 1.13 bits per heavy atom. The van der Waals surface area contributed by atoms with Gasteiger partial charge in [0.2, 0.25) is 0 Å². The second-order valence-corrected chi connectivity index (χ2v) is 10.4. The molecule has 0 bridgehead atoms. The minimum atomic E-state index is -0.383. The van der Waals surface area contributed by atoms with Gasteiger partial charge in [0.05, 0.1) is 17.2 Å². The second-order valence-electron chi connectivity index (χ2n) is 10.4. The summed E-state index contributed by atoms with van der Waals surface area (Å²) in [6.45, 7) is 10.3. The summed E-state index contributed by atoms with van der Waals surface area (Å²) >= 11 is 0. The van der Waals surface area contributed by atoms with Crippen LogP contribution >= 0.6 is 0 Å². The van der Waals surface area contributed by atoms with Gasteiger partial charge in [-0.15, -0.1) is 0 Å². The van der Waals surface area contributed by atoms with Crippen molar-refractivity contribution in [2.75, 3.05) is 0 Å². The first-order valence-corrected chi connectivity index (χ1v) is 11.2. The van der Waals surface area contributed by atoms with Crippen molar-refractivity contribution in [1.29, 1.82) is 0 Å². The molecule has 7 nitrogen and oxygen atoms in total. The van der Waals surface area contributed by atoms with Gasteiger partial charge in [-0.1, -0.05) is 30.3 Å². The first-order chi connectivity index (χ1) is 14.6. The number of fused-ring (bicyclic) bond motifs is 1. The first kappa shape index (κ1) is 20.7. The summed E-state index contributed by atoms with van der Waals surface area (Å²) in [6.07, 6.45) is 4.92. The molecule has 0 spiro atoms. The molecule has 1 atom stereocenters. The molecule has 1 aromatic heterocycles. The zero-order valence-electron chi connectivity index (χ0n) is 18.9. The van der Waals surface area contributed by atoms with E-state index in [1.165, 1.54) is 5.56 Å². The number of rotatable bonds is 4. The highest BCUT2D eigenvalue weighted by Crippen LogP contribution is 2.46. The van der Waals surface area contributed by atoms with E-state index in [0.29, 0.717) is 5.82 Å². The molecule has 2 aromatic rings. The van der Waals surface area contributed by atoms with E-state index >= 15 is 0 Å². The van der Waals surface area contributed by atoms with E-state index in [-0.39, 0.29) is 41.6 Å². The summed E-state index contributed by atoms with van der Waals surface area (Å²) in [4.78, 5) is 17.1. The summed E-state index contributed by atoms with van der Waals surface area (Å²) in [5, 5.41) is 7.11. The fourth-order valence-corrected chi connectivity index (χ4v) is 4.30. The topological polar surface area (TPSA) is 86.5 Å². The molecule has 2 heterocycles. The zero-order chi connectivity index (χ0) is 22.0. The number of aromatic nitrogens is 2. The molecule has 8 heteroatoms. The Morgan fingerprint density at radius 2 is 1.84 bits per heavy atom. The lowest BCUT2D eigenvalue weighted by Gasteiger charge is -2.32. The number of hydrogen-bond donors (Lipinski definition) is 1. The van der Waals surface area contributed by atoms with Crippen LogP contribution in [0.15, 0.2) is 22.7 Å². The monoisotopic (exact) mass is 423 g/mol. The van der Waals surface area contributed by atoms with Crippen LogP contribution in [-0.4, -0.2) is 34.4 Å². The molecule has 0 radical (unpaired) electrons. The maximum atomic E-state index is 12.8. The molecular formula is C23H30BN3O4. The molecule has 1 N–H and O–H groups in total. The molecule has 1 saturated carbocycles. The van der Waals surface area contributed by atoms with Gasteiger partial charge < -0.3 is 19.1 Å². The summed E-state index contributed by atoms with van der Waals surface area (Å²) in [7, 11) is -0.383. The number of nitrogens with zero attached hydrogens (tertiary/aromatic N) is 2. The Labute approximate surface area is 183 Å². The van der Waals surface area contributed by atoms with Crippen LogP contribution in [0.3, 0.4) is 0 Å². The molecule has 3 aliphatic rings. The number of carbonyl (C=O) groups excluding carboxylic acids is 1. The first-order valence-electron chi connectivity index (χ1n) is 11.2. The Bertz CT molecular complexity index is 1010. The van der Waals surface area contributed by atoms with E-state index < -0.39 is 0 Å². The van der Waals surface area contributed by atoms with Crippen molar-refractivity contribution in [3.63, 3.8) is 0 Å². The Hall–Kier alpha value is -2.19. The average Bonchev–Trinajstić information content (AvgIpc) is 3.18. The van der Waals surface area contributed by atoms with E-state index in [1.54, 1.807) is 0 Å². The van der Waals surface area contributed by atoms with Crippen LogP contribution < -0.4 is 10.8 Å². The van der Waals surface area contributed by atoms with Crippen LogP contribution in [0.1, 0.15) is 94.0 Å². The fraction of sp³-hybridized carbons (Fsp3) is 0.609. The molecule has 1 saturated heterocycles. The number of carbonyl (C=O) groups is 1. The van der Waals surface area contributed by atoms with E-state index in [9.17, 15) is 4.79 Å². The normalized spacial score (nSPS) is 25.2. The van der Waals surface area contributed by atoms with Crippen molar-refractivity contribution in [3.05, 3.63) is 41.0 Å². The molecule has 2 aliphatic carbocycles. The van der Waals surface area contributed by atoms with Gasteiger partial charge in [-0.05, 0) is 76.4 Å². The largest absolute Gasteiger partial charge is 0.494 e. The SMILES string of the molecule is CC1(c2noc(C(=O)NC3CCCc4cc(B5OC(C)(C)C(C)(C)O5)ccc43)n2)CC1. The highest BCUT2D eigenvalue weighted by Gasteiger charge is 2.51. The maximum absolute atomic E-state index is 12.8. The van der Waals surface area contributed by atoms with Gasteiger partial charge in [0.1, 0.15) is 0 Å². The molecule has 5 rings (SSSR count). The van der Waals surface area contributed by atoms with E-state index in [2.05, 4.69) is 62.2 Å². The van der Waals surface area contributed by atoms with Crippen LogP contribution in [0.5, 0.6) is 0 Å². The third-order valence-electron chi connectivity index (χ3n) is 7.47. The van der Waals surface area contributed by atoms with Gasteiger partial charge >= 0.3 is 18.9 Å². The van der Waals surface area contributed by atoms with Crippen LogP contribution in [0, 0.1) is 0 Å². The number of hydrogen-bond acceptors (Lipinski definition) is 6. The fourth-order valence-electron chi connectivity index (χ4n) is 4.30. The lowest BCUT2D eigenvalue weighted by Crippen LogP contribution is -2.41. The summed E-state index contributed by atoms with van der Waals surface area (Å²) in [6, 6.07) is 6.22. The highest BCUT2D eigenvalue weighted by atomic mass is 16.7. The minimum absolute atomic E-state index is 0.0244. The van der Waals surface area contributed by atoms with Gasteiger partial charge in [0, 0.05) is 5.41 Å². The summed E-state index contributed by atoms with van der Waals surface area (Å²) in [5.74, 6) is 0.369. The average molecular weight is 423 g/mol. The lowest BCUT2D eigenvalue weighted by atomic mass is 9.75. The maximum Gasteiger partial charge on any atom is 0.494 e. The summed E-state index contributed by atoms with van der Waals surface area (Å²) in [5.41, 5.74) is 2.61. The van der Waals surface area contributed by atoms with Crippen LogP contribution in [-0.2, 0) is 21.1 Å². The van der Waals surface area contributed by atoms with Gasteiger partial charge in [-0.25, -0.2) is 0 Å². The molecule has 1 unspecified atom stereocenters. The summed E-state index contributed by atoms with van der Waals surface area (Å²) < 4.78 is 17.7. The molecule has 1 aliphatic heterocycles. The Balaban J connectivity index is 1.32. The Kier molecular flexibility index (Phi) is 4.61. The third-order valence-corrected chi connectivity index (χ3v) is 7.47. The third kappa shape index (κ3) is 3.59. The predicted octanol–water partition coefficient (Wildman–Crippen LogP) is 3.23. The highest BCUT2D eigenvalue weighted by molar-refractivity contribution is 6.62. The van der Waals surface area contributed by atoms with Crippen molar-refractivity contribution in [2.24, 2.45) is 0 Å². The standard InChI is InChI=1S/C23H30BN3O4/c1-21(2)22(3,4)31-24(30-21)15-9-10-16-14(13-15)7-6-8-17(16)25-18(28)19-26-20(27-29-19)23(5)11-12-23/h9-10,13,17H,6-8,11-12H2,1-5H3,(H,25,28). The smallest absolute Gasteiger partial charge is 0.399 e. The molecule has 1 aromatic carbocycles. The number of amides is 1. The van der Waals surface area contributed by atoms with E-state index in [4.69, 9.17) is 13.8 Å². The minimum Gasteiger partial charge on any atom is -0.399 e. The number of aryl methyl sites for hydroxylation is 1. The van der Waals surface area contributed by atoms with Gasteiger partial charge in [-0.2, -0.15) is 4.98 Å². The van der Waals surface area contributed by atoms with Crippen LogP contribution in [0.2, 0.25) is 0 Å². The van der Waals surface area contributed by atoms with Crippen molar-refractivity contribution >= 4 is 18.5 Å². The molecule has 1 amide bonds. The second kappa shape index (κ2) is 6.91. The van der Waals surface area contributed by atoms with E-state index in [1.807, 2.05) is 6.07 Å². The van der Waals surface area contributed by atoms with Gasteiger partial charge in [-0.3, -0.25) is 4.79 Å².